The highest BCUT2D eigenvalue weighted by molar-refractivity contribution is 5.70. The van der Waals surface area contributed by atoms with E-state index in [4.69, 9.17) is 5.73 Å². The number of rotatable bonds is 2. The molecular weight excluding hydrogens is 299 g/mol. The number of alkyl halides is 3. The molecule has 0 saturated carbocycles. The molecule has 0 saturated heterocycles. The minimum absolute atomic E-state index is 0.0494. The van der Waals surface area contributed by atoms with E-state index in [0.717, 1.165) is 12.1 Å². The molecule has 3 aromatic rings. The van der Waals surface area contributed by atoms with Crippen molar-refractivity contribution in [2.75, 3.05) is 5.73 Å². The molecule has 0 atom stereocenters. The molecule has 3 rings (SSSR count). The third-order valence-electron chi connectivity index (χ3n) is 3.13. The molecule has 1 aromatic carbocycles. The largest absolute Gasteiger partial charge is 0.416 e. The molecule has 0 radical (unpaired) electrons. The van der Waals surface area contributed by atoms with Crippen molar-refractivity contribution in [1.29, 1.82) is 0 Å². The summed E-state index contributed by atoms with van der Waals surface area (Å²) < 4.78 is 39.1. The maximum atomic E-state index is 12.5. The fraction of sp³-hybridized carbons (Fsp3) is 0.154. The van der Waals surface area contributed by atoms with E-state index in [-0.39, 0.29) is 23.7 Å². The Kier molecular flexibility index (Phi) is 3.12. The lowest BCUT2D eigenvalue weighted by molar-refractivity contribution is -0.137. The maximum absolute atomic E-state index is 12.5. The SMILES string of the molecule is Nc1nc2c(ncn2Cc2ccc(C(F)(F)F)cc2)c(=O)[nH]1. The number of halogens is 3. The molecule has 0 aliphatic rings. The average molecular weight is 309 g/mol. The highest BCUT2D eigenvalue weighted by Gasteiger charge is 2.29. The molecule has 9 heteroatoms. The number of nitrogen functional groups attached to an aromatic ring is 1. The summed E-state index contributed by atoms with van der Waals surface area (Å²) in [6.45, 7) is 0.227. The Morgan fingerprint density at radius 2 is 1.91 bits per heavy atom. The third-order valence-corrected chi connectivity index (χ3v) is 3.13. The molecule has 0 aliphatic carbocycles. The van der Waals surface area contributed by atoms with Crippen LogP contribution in [0.3, 0.4) is 0 Å². The van der Waals surface area contributed by atoms with Gasteiger partial charge in [0.05, 0.1) is 18.4 Å². The number of imidazole rings is 1. The third kappa shape index (κ3) is 2.52. The van der Waals surface area contributed by atoms with Gasteiger partial charge in [-0.2, -0.15) is 18.2 Å². The van der Waals surface area contributed by atoms with Gasteiger partial charge in [-0.3, -0.25) is 9.78 Å². The van der Waals surface area contributed by atoms with Crippen LogP contribution in [0.2, 0.25) is 0 Å². The molecule has 3 N–H and O–H groups in total. The molecule has 0 bridgehead atoms. The van der Waals surface area contributed by atoms with E-state index in [1.165, 1.54) is 18.5 Å². The molecular formula is C13H10F3N5O. The van der Waals surface area contributed by atoms with E-state index in [0.29, 0.717) is 5.56 Å². The predicted octanol–water partition coefficient (Wildman–Crippen LogP) is 1.77. The molecule has 114 valence electrons. The zero-order valence-electron chi connectivity index (χ0n) is 11.1. The molecule has 0 spiro atoms. The van der Waals surface area contributed by atoms with E-state index >= 15 is 0 Å². The van der Waals surface area contributed by atoms with Crippen molar-refractivity contribution in [1.82, 2.24) is 19.5 Å². The molecule has 2 aromatic heterocycles. The average Bonchev–Trinajstić information content (AvgIpc) is 2.82. The van der Waals surface area contributed by atoms with Crippen molar-refractivity contribution in [2.24, 2.45) is 0 Å². The second-order valence-corrected chi connectivity index (χ2v) is 4.69. The lowest BCUT2D eigenvalue weighted by Gasteiger charge is -2.08. The van der Waals surface area contributed by atoms with Gasteiger partial charge < -0.3 is 10.3 Å². The van der Waals surface area contributed by atoms with Crippen LogP contribution in [0.4, 0.5) is 19.1 Å². The topological polar surface area (TPSA) is 89.6 Å². The Balaban J connectivity index is 1.95. The van der Waals surface area contributed by atoms with Gasteiger partial charge in [0.15, 0.2) is 11.2 Å². The van der Waals surface area contributed by atoms with Gasteiger partial charge in [-0.1, -0.05) is 12.1 Å². The van der Waals surface area contributed by atoms with Gasteiger partial charge in [-0.15, -0.1) is 0 Å². The predicted molar refractivity (Wildman–Crippen MR) is 73.1 cm³/mol. The number of nitrogens with two attached hydrogens (primary N) is 1. The molecule has 0 aliphatic heterocycles. The van der Waals surface area contributed by atoms with Crippen LogP contribution in [0.1, 0.15) is 11.1 Å². The Bertz CT molecular complexity index is 879. The molecule has 0 unspecified atom stereocenters. The lowest BCUT2D eigenvalue weighted by atomic mass is 10.1. The number of nitrogens with zero attached hydrogens (tertiary/aromatic N) is 3. The van der Waals surface area contributed by atoms with Crippen molar-refractivity contribution in [2.45, 2.75) is 12.7 Å². The minimum Gasteiger partial charge on any atom is -0.369 e. The van der Waals surface area contributed by atoms with E-state index < -0.39 is 17.3 Å². The quantitative estimate of drug-likeness (QED) is 0.755. The summed E-state index contributed by atoms with van der Waals surface area (Å²) in [6.07, 6.45) is -2.98. The van der Waals surface area contributed by atoms with Crippen LogP contribution in [0, 0.1) is 0 Å². The van der Waals surface area contributed by atoms with E-state index in [2.05, 4.69) is 15.0 Å². The van der Waals surface area contributed by atoms with Gasteiger partial charge in [0.1, 0.15) is 0 Å². The monoisotopic (exact) mass is 309 g/mol. The standard InChI is InChI=1S/C13H10F3N5O/c14-13(15,16)8-3-1-7(2-4-8)5-21-6-18-9-10(21)19-12(17)20-11(9)22/h1-4,6H,5H2,(H3,17,19,20,22). The summed E-state index contributed by atoms with van der Waals surface area (Å²) in [6, 6.07) is 4.74. The number of nitrogens with one attached hydrogen (secondary N) is 1. The van der Waals surface area contributed by atoms with Crippen molar-refractivity contribution in [3.05, 3.63) is 52.1 Å². The summed E-state index contributed by atoms with van der Waals surface area (Å²) >= 11 is 0. The van der Waals surface area contributed by atoms with Crippen molar-refractivity contribution in [3.8, 4) is 0 Å². The van der Waals surface area contributed by atoms with E-state index in [9.17, 15) is 18.0 Å². The summed E-state index contributed by atoms with van der Waals surface area (Å²) in [4.78, 5) is 21.9. The fourth-order valence-corrected chi connectivity index (χ4v) is 2.08. The summed E-state index contributed by atoms with van der Waals surface area (Å²) in [5.74, 6) is -0.0494. The highest BCUT2D eigenvalue weighted by Crippen LogP contribution is 2.29. The fourth-order valence-electron chi connectivity index (χ4n) is 2.08. The number of H-pyrrole nitrogens is 1. The minimum atomic E-state index is -4.37. The highest BCUT2D eigenvalue weighted by atomic mass is 19.4. The zero-order chi connectivity index (χ0) is 15.9. The molecule has 0 fully saturated rings. The summed E-state index contributed by atoms with van der Waals surface area (Å²) in [7, 11) is 0. The number of hydrogen-bond donors (Lipinski definition) is 2. The van der Waals surface area contributed by atoms with Gasteiger partial charge in [-0.25, -0.2) is 4.98 Å². The first-order chi connectivity index (χ1) is 10.3. The van der Waals surface area contributed by atoms with Crippen LogP contribution in [-0.2, 0) is 12.7 Å². The zero-order valence-corrected chi connectivity index (χ0v) is 11.1. The lowest BCUT2D eigenvalue weighted by Crippen LogP contribution is -2.12. The van der Waals surface area contributed by atoms with Crippen molar-refractivity contribution >= 4 is 17.1 Å². The van der Waals surface area contributed by atoms with Crippen LogP contribution >= 0.6 is 0 Å². The second kappa shape index (κ2) is 4.86. The van der Waals surface area contributed by atoms with Gasteiger partial charge in [0.2, 0.25) is 5.95 Å². The first-order valence-electron chi connectivity index (χ1n) is 6.21. The van der Waals surface area contributed by atoms with Gasteiger partial charge in [0, 0.05) is 0 Å². The number of benzene rings is 1. The normalized spacial score (nSPS) is 12.0. The van der Waals surface area contributed by atoms with Gasteiger partial charge in [0.25, 0.3) is 5.56 Å². The van der Waals surface area contributed by atoms with Crippen LogP contribution < -0.4 is 11.3 Å². The number of aromatic nitrogens is 4. The van der Waals surface area contributed by atoms with Crippen LogP contribution in [-0.4, -0.2) is 19.5 Å². The Hall–Kier alpha value is -2.84. The van der Waals surface area contributed by atoms with Gasteiger partial charge in [-0.05, 0) is 17.7 Å². The second-order valence-electron chi connectivity index (χ2n) is 4.69. The number of fused-ring (bicyclic) bond motifs is 1. The number of anilines is 1. The first-order valence-corrected chi connectivity index (χ1v) is 6.21. The van der Waals surface area contributed by atoms with Crippen LogP contribution in [0.15, 0.2) is 35.4 Å². The van der Waals surface area contributed by atoms with E-state index in [1.54, 1.807) is 4.57 Å². The summed E-state index contributed by atoms with van der Waals surface area (Å²) in [5.41, 5.74) is 5.32. The number of aromatic amines is 1. The Labute approximate surface area is 121 Å². The van der Waals surface area contributed by atoms with Crippen molar-refractivity contribution in [3.63, 3.8) is 0 Å². The molecule has 2 heterocycles. The smallest absolute Gasteiger partial charge is 0.369 e. The molecule has 22 heavy (non-hydrogen) atoms. The molecule has 0 amide bonds. The summed E-state index contributed by atoms with van der Waals surface area (Å²) in [5, 5.41) is 0. The van der Waals surface area contributed by atoms with Crippen LogP contribution in [0.5, 0.6) is 0 Å². The van der Waals surface area contributed by atoms with E-state index in [1.807, 2.05) is 0 Å². The molecule has 6 nitrogen and oxygen atoms in total. The van der Waals surface area contributed by atoms with Crippen LogP contribution in [0.25, 0.3) is 11.2 Å². The Morgan fingerprint density at radius 3 is 2.55 bits per heavy atom. The number of hydrogen-bond acceptors (Lipinski definition) is 4. The van der Waals surface area contributed by atoms with Gasteiger partial charge >= 0.3 is 6.18 Å². The van der Waals surface area contributed by atoms with Crippen molar-refractivity contribution < 1.29 is 13.2 Å². The maximum Gasteiger partial charge on any atom is 0.416 e. The first kappa shape index (κ1) is 14.1. The Morgan fingerprint density at radius 1 is 1.23 bits per heavy atom.